The van der Waals surface area contributed by atoms with Gasteiger partial charge in [-0.3, -0.25) is 4.79 Å². The van der Waals surface area contributed by atoms with E-state index in [1.54, 1.807) is 0 Å². The molecule has 0 unspecified atom stereocenters. The second-order valence-corrected chi connectivity index (χ2v) is 2.14. The van der Waals surface area contributed by atoms with E-state index in [-0.39, 0.29) is 13.2 Å². The highest BCUT2D eigenvalue weighted by molar-refractivity contribution is 5.95. The van der Waals surface area contributed by atoms with Gasteiger partial charge in [-0.25, -0.2) is 0 Å². The minimum absolute atomic E-state index is 0. The fourth-order valence-corrected chi connectivity index (χ4v) is 0.828. The molecule has 0 aliphatic heterocycles. The molecule has 74 valence electrons. The summed E-state index contributed by atoms with van der Waals surface area (Å²) >= 11 is 0. The van der Waals surface area contributed by atoms with Gasteiger partial charge in [0.15, 0.2) is 5.78 Å². The van der Waals surface area contributed by atoms with Gasteiger partial charge < -0.3 is 0 Å². The predicted molar refractivity (Wildman–Crippen MR) is 59.1 cm³/mol. The number of hydrogen-bond acceptors (Lipinski definition) is 1. The van der Waals surface area contributed by atoms with E-state index in [0.29, 0.717) is 6.42 Å². The van der Waals surface area contributed by atoms with Crippen LogP contribution in [0.3, 0.4) is 0 Å². The normalized spacial score (nSPS) is 7.62. The van der Waals surface area contributed by atoms with Gasteiger partial charge in [0.05, 0.1) is 0 Å². The summed E-state index contributed by atoms with van der Waals surface area (Å²) in [5.41, 5.74) is 0.810. The molecule has 0 saturated heterocycles. The van der Waals surface area contributed by atoms with Gasteiger partial charge in [-0.15, -0.1) is 0 Å². The largest absolute Gasteiger partial charge is 0.294 e. The number of carbonyl (C=O) groups excluding carboxylic acids is 1. The smallest absolute Gasteiger partial charge is 0.162 e. The van der Waals surface area contributed by atoms with Crippen LogP contribution in [0.2, 0.25) is 0 Å². The van der Waals surface area contributed by atoms with E-state index in [0.717, 1.165) is 5.56 Å². The molecule has 1 nitrogen and oxygen atoms in total. The Morgan fingerprint density at radius 1 is 1.15 bits per heavy atom. The molecule has 0 atom stereocenters. The molecule has 0 N–H and O–H groups in total. The van der Waals surface area contributed by atoms with Gasteiger partial charge >= 0.3 is 0 Å². The Balaban J connectivity index is 0. The minimum atomic E-state index is 0. The topological polar surface area (TPSA) is 17.1 Å². The van der Waals surface area contributed by atoms with Crippen molar-refractivity contribution in [1.82, 2.24) is 0 Å². The highest BCUT2D eigenvalue weighted by Crippen LogP contribution is 2.01. The van der Waals surface area contributed by atoms with Gasteiger partial charge in [0.25, 0.3) is 0 Å². The van der Waals surface area contributed by atoms with Crippen LogP contribution in [0.5, 0.6) is 0 Å². The van der Waals surface area contributed by atoms with E-state index < -0.39 is 0 Å². The zero-order valence-corrected chi connectivity index (χ0v) is 8.00. The molecule has 0 aromatic heterocycles. The van der Waals surface area contributed by atoms with Crippen LogP contribution in [-0.4, -0.2) is 5.78 Å². The maximum atomic E-state index is 11.0. The Bertz CT molecular complexity index is 214. The Kier molecular flexibility index (Phi) is 9.96. The molecule has 0 aliphatic rings. The fourth-order valence-electron chi connectivity index (χ4n) is 0.828. The first kappa shape index (κ1) is 14.4. The van der Waals surface area contributed by atoms with Gasteiger partial charge in [-0.05, 0) is 0 Å². The first-order valence-electron chi connectivity index (χ1n) is 4.43. The molecule has 1 aromatic rings. The molecular weight excluding hydrogens is 160 g/mol. The molecule has 0 aliphatic carbocycles. The summed E-state index contributed by atoms with van der Waals surface area (Å²) in [6.45, 7) is 5.87. The van der Waals surface area contributed by atoms with Gasteiger partial charge in [-0.2, -0.15) is 0 Å². The fraction of sp³-hybridized carbons (Fsp3) is 0.417. The van der Waals surface area contributed by atoms with Gasteiger partial charge in [-0.1, -0.05) is 58.5 Å². The highest BCUT2D eigenvalue weighted by atomic mass is 16.1. The number of rotatable bonds is 2. The zero-order valence-electron chi connectivity index (χ0n) is 8.00. The standard InChI is InChI=1S/C9H10O.C2H6.CH4/c1-2-9(10)8-6-4-3-5-7-8;1-2;/h3-7H,2H2,1H3;1-2H3;1H4. The lowest BCUT2D eigenvalue weighted by Crippen LogP contribution is -1.94. The Morgan fingerprint density at radius 3 is 2.00 bits per heavy atom. The third-order valence-electron chi connectivity index (χ3n) is 1.42. The van der Waals surface area contributed by atoms with Crippen LogP contribution in [0.25, 0.3) is 0 Å². The van der Waals surface area contributed by atoms with Crippen LogP contribution in [0.15, 0.2) is 30.3 Å². The molecule has 0 spiro atoms. The van der Waals surface area contributed by atoms with Crippen molar-refractivity contribution in [2.24, 2.45) is 0 Å². The van der Waals surface area contributed by atoms with Gasteiger partial charge in [0.2, 0.25) is 0 Å². The van der Waals surface area contributed by atoms with Crippen LogP contribution in [0.1, 0.15) is 45.0 Å². The summed E-state index contributed by atoms with van der Waals surface area (Å²) in [5, 5.41) is 0. The summed E-state index contributed by atoms with van der Waals surface area (Å²) in [6, 6.07) is 9.34. The summed E-state index contributed by atoms with van der Waals surface area (Å²) in [6.07, 6.45) is 0.587. The van der Waals surface area contributed by atoms with E-state index >= 15 is 0 Å². The maximum Gasteiger partial charge on any atom is 0.162 e. The molecule has 0 heterocycles. The lowest BCUT2D eigenvalue weighted by Gasteiger charge is -1.93. The molecule has 0 fully saturated rings. The third-order valence-corrected chi connectivity index (χ3v) is 1.42. The third kappa shape index (κ3) is 5.18. The van der Waals surface area contributed by atoms with Crippen LogP contribution < -0.4 is 0 Å². The molecule has 0 amide bonds. The molecule has 1 rings (SSSR count). The van der Waals surface area contributed by atoms with Crippen LogP contribution in [0, 0.1) is 0 Å². The van der Waals surface area contributed by atoms with Crippen molar-refractivity contribution in [1.29, 1.82) is 0 Å². The van der Waals surface area contributed by atoms with Crippen molar-refractivity contribution in [3.05, 3.63) is 35.9 Å². The number of benzene rings is 1. The molecule has 1 aromatic carbocycles. The molecule has 0 radical (unpaired) electrons. The quantitative estimate of drug-likeness (QED) is 0.630. The molecule has 0 saturated carbocycles. The average molecular weight is 180 g/mol. The van der Waals surface area contributed by atoms with Crippen molar-refractivity contribution in [2.75, 3.05) is 0 Å². The predicted octanol–water partition coefficient (Wildman–Crippen LogP) is 3.94. The summed E-state index contributed by atoms with van der Waals surface area (Å²) < 4.78 is 0. The van der Waals surface area contributed by atoms with Crippen LogP contribution in [-0.2, 0) is 0 Å². The first-order chi connectivity index (χ1) is 5.84. The molecular formula is C12H20O. The number of Topliss-reactive ketones (excluding diaryl/α,β-unsaturated/α-hetero) is 1. The SMILES string of the molecule is C.CC.CCC(=O)c1ccccc1. The second kappa shape index (κ2) is 8.98. The summed E-state index contributed by atoms with van der Waals surface area (Å²) in [4.78, 5) is 11.0. The average Bonchev–Trinajstić information content (AvgIpc) is 2.21. The van der Waals surface area contributed by atoms with E-state index in [4.69, 9.17) is 0 Å². The first-order valence-corrected chi connectivity index (χ1v) is 4.43. The molecule has 1 heteroatoms. The maximum absolute atomic E-state index is 11.0. The lowest BCUT2D eigenvalue weighted by atomic mass is 10.1. The number of hydrogen-bond donors (Lipinski definition) is 0. The minimum Gasteiger partial charge on any atom is -0.294 e. The van der Waals surface area contributed by atoms with Crippen LogP contribution >= 0.6 is 0 Å². The van der Waals surface area contributed by atoms with E-state index in [2.05, 4.69) is 0 Å². The summed E-state index contributed by atoms with van der Waals surface area (Å²) in [5.74, 6) is 0.209. The second-order valence-electron chi connectivity index (χ2n) is 2.14. The van der Waals surface area contributed by atoms with Crippen molar-refractivity contribution in [2.45, 2.75) is 34.6 Å². The van der Waals surface area contributed by atoms with E-state index in [1.807, 2.05) is 51.1 Å². The molecule has 0 bridgehead atoms. The van der Waals surface area contributed by atoms with Crippen LogP contribution in [0.4, 0.5) is 0 Å². The zero-order chi connectivity index (χ0) is 9.40. The van der Waals surface area contributed by atoms with E-state index in [9.17, 15) is 4.79 Å². The Labute approximate surface area is 81.8 Å². The van der Waals surface area contributed by atoms with Gasteiger partial charge in [0, 0.05) is 12.0 Å². The van der Waals surface area contributed by atoms with Crippen molar-refractivity contribution < 1.29 is 4.79 Å². The lowest BCUT2D eigenvalue weighted by molar-refractivity contribution is 0.0988. The number of carbonyl (C=O) groups is 1. The summed E-state index contributed by atoms with van der Waals surface area (Å²) in [7, 11) is 0. The Hall–Kier alpha value is -1.11. The Morgan fingerprint density at radius 2 is 1.62 bits per heavy atom. The van der Waals surface area contributed by atoms with E-state index in [1.165, 1.54) is 0 Å². The van der Waals surface area contributed by atoms with Crippen molar-refractivity contribution in [3.63, 3.8) is 0 Å². The monoisotopic (exact) mass is 180 g/mol. The number of ketones is 1. The van der Waals surface area contributed by atoms with Crippen molar-refractivity contribution in [3.8, 4) is 0 Å². The van der Waals surface area contributed by atoms with Gasteiger partial charge in [0.1, 0.15) is 0 Å². The highest BCUT2D eigenvalue weighted by Gasteiger charge is 1.98. The molecule has 13 heavy (non-hydrogen) atoms. The van der Waals surface area contributed by atoms with Crippen molar-refractivity contribution >= 4 is 5.78 Å².